The molecule has 0 heterocycles. The maximum Gasteiger partial charge on any atom is 0.283 e. The largest absolute Gasteiger partial charge is 0.443 e. The lowest BCUT2D eigenvalue weighted by Gasteiger charge is -1.25. The smallest absolute Gasteiger partial charge is 0.283 e. The first kappa shape index (κ1) is 23.6. The first-order valence-corrected chi connectivity index (χ1v) is 0.447. The molecule has 4 heteroatoms. The van der Waals surface area contributed by atoms with E-state index in [1.807, 2.05) is 0 Å². The zero-order chi connectivity index (χ0) is 2.71. The summed E-state index contributed by atoms with van der Waals surface area (Å²) in [4.78, 5) is 0. The van der Waals surface area contributed by atoms with Crippen LogP contribution in [0, 0.1) is 11.5 Å². The molecule has 0 aliphatic carbocycles. The summed E-state index contributed by atoms with van der Waals surface area (Å²) in [6, 6.07) is 0. The van der Waals surface area contributed by atoms with Crippen molar-refractivity contribution in [1.82, 2.24) is 0 Å². The molecule has 0 aromatic carbocycles. The van der Waals surface area contributed by atoms with Crippen LogP contribution in [0.15, 0.2) is 0 Å². The van der Waals surface area contributed by atoms with Gasteiger partial charge < -0.3 is 5.11 Å². The molecule has 0 radical (unpaired) electrons. The number of nitrogens with zero attached hydrogens (tertiary/aromatic N) is 1. The fraction of sp³-hybridized carbons (Fsp3) is 0. The van der Waals surface area contributed by atoms with Crippen LogP contribution in [0.1, 0.15) is 0 Å². The van der Waals surface area contributed by atoms with Gasteiger partial charge in [-0.05, 0) is 0 Å². The fourth-order valence-corrected chi connectivity index (χ4v) is 0. The zero-order valence-corrected chi connectivity index (χ0v) is 3.30. The molecule has 0 aromatic rings. The number of hydrogen-bond acceptors (Lipinski definition) is 2. The minimum atomic E-state index is 0. The average molecular weight is 97.1 g/mol. The van der Waals surface area contributed by atoms with E-state index in [9.17, 15) is 0 Å². The van der Waals surface area contributed by atoms with Crippen LogP contribution >= 0.6 is 13.5 Å². The number of halogens is 1. The highest BCUT2D eigenvalue weighted by Crippen LogP contribution is 1.06. The van der Waals surface area contributed by atoms with Gasteiger partial charge in [-0.3, -0.25) is 4.70 Å². The van der Waals surface area contributed by atoms with Crippen molar-refractivity contribution in [1.29, 1.82) is 5.26 Å². The van der Waals surface area contributed by atoms with Crippen LogP contribution in [-0.2, 0) is 0 Å². The second-order valence-electron chi connectivity index (χ2n) is 0.100. The molecule has 1 N–H and O–H groups in total. The molecule has 0 unspecified atom stereocenters. The Bertz CT molecular complexity index is 33.1. The van der Waals surface area contributed by atoms with Gasteiger partial charge in [0.2, 0.25) is 0 Å². The lowest BCUT2D eigenvalue weighted by Crippen LogP contribution is -1.27. The molecule has 5 heavy (non-hydrogen) atoms. The first-order valence-electron chi connectivity index (χ1n) is 0.447. The van der Waals surface area contributed by atoms with Gasteiger partial charge in [-0.2, -0.15) is 18.8 Å². The van der Waals surface area contributed by atoms with E-state index in [0.29, 0.717) is 0 Å². The molecule has 0 rings (SSSR count). The molecule has 2 nitrogen and oxygen atoms in total. The molecule has 0 fully saturated rings. The van der Waals surface area contributed by atoms with Crippen LogP contribution in [0.2, 0.25) is 0 Å². The van der Waals surface area contributed by atoms with E-state index >= 15 is 0 Å². The van der Waals surface area contributed by atoms with Gasteiger partial charge in [0.15, 0.2) is 0 Å². The van der Waals surface area contributed by atoms with Crippen molar-refractivity contribution in [2.24, 2.45) is 0 Å². The van der Waals surface area contributed by atoms with Crippen molar-refractivity contribution < 1.29 is 9.81 Å². The van der Waals surface area contributed by atoms with E-state index in [0.717, 1.165) is 6.26 Å². The molecular formula is CH4FNOS. The molecule has 0 amide bonds. The highest BCUT2D eigenvalue weighted by molar-refractivity contribution is 7.59. The van der Waals surface area contributed by atoms with E-state index in [2.05, 4.69) is 0 Å². The monoisotopic (exact) mass is 97.0 g/mol. The standard InChI is InChI=1S/CHNO.FH.H2S/c2-1-3;;/h3H;1H;1H2. The molecular weight excluding hydrogens is 93.1 g/mol. The molecule has 32 valence electrons. The van der Waals surface area contributed by atoms with Gasteiger partial charge in [0.05, 0.1) is 0 Å². The summed E-state index contributed by atoms with van der Waals surface area (Å²) in [5.74, 6) is 0. The van der Waals surface area contributed by atoms with Crippen LogP contribution in [0.5, 0.6) is 0 Å². The van der Waals surface area contributed by atoms with Crippen molar-refractivity contribution in [3.05, 3.63) is 0 Å². The van der Waals surface area contributed by atoms with Gasteiger partial charge in [-0.15, -0.1) is 0 Å². The lowest BCUT2D eigenvalue weighted by atomic mass is 11.6. The van der Waals surface area contributed by atoms with Crippen molar-refractivity contribution in [3.8, 4) is 6.26 Å². The summed E-state index contributed by atoms with van der Waals surface area (Å²) in [7, 11) is 0. The minimum Gasteiger partial charge on any atom is -0.443 e. The average Bonchev–Trinajstić information content (AvgIpc) is 0.918. The topological polar surface area (TPSA) is 44.0 Å². The highest BCUT2D eigenvalue weighted by Gasteiger charge is 1.16. The molecule has 0 saturated carbocycles. The van der Waals surface area contributed by atoms with Gasteiger partial charge in [0.1, 0.15) is 0 Å². The minimum absolute atomic E-state index is 0. The van der Waals surface area contributed by atoms with Crippen molar-refractivity contribution in [2.75, 3.05) is 0 Å². The van der Waals surface area contributed by atoms with Crippen LogP contribution in [-0.4, -0.2) is 5.11 Å². The molecule has 0 bridgehead atoms. The zero-order valence-electron chi connectivity index (χ0n) is 2.30. The predicted octanol–water partition coefficient (Wildman–Crippen LogP) is 0.105. The maximum atomic E-state index is 6.88. The lowest BCUT2D eigenvalue weighted by molar-refractivity contribution is 0.503. The number of hydrogen-bond donors (Lipinski definition) is 1. The van der Waals surface area contributed by atoms with Crippen LogP contribution in [0.3, 0.4) is 0 Å². The summed E-state index contributed by atoms with van der Waals surface area (Å²) >= 11 is 0. The molecule has 0 atom stereocenters. The summed E-state index contributed by atoms with van der Waals surface area (Å²) in [6.45, 7) is 0. The Hall–Kier alpha value is -0.430. The third-order valence-electron chi connectivity index (χ3n) is 0. The molecule has 0 aliphatic heterocycles. The van der Waals surface area contributed by atoms with Gasteiger partial charge in [-0.25, -0.2) is 0 Å². The van der Waals surface area contributed by atoms with E-state index in [1.54, 1.807) is 0 Å². The Morgan fingerprint density at radius 1 is 1.60 bits per heavy atom. The predicted molar refractivity (Wildman–Crippen MR) is 20.4 cm³/mol. The SMILES string of the molecule is F.N#CO.S. The van der Waals surface area contributed by atoms with Crippen molar-refractivity contribution in [2.45, 2.75) is 0 Å². The van der Waals surface area contributed by atoms with E-state index < -0.39 is 0 Å². The second kappa shape index (κ2) is 72.6. The summed E-state index contributed by atoms with van der Waals surface area (Å²) in [6.07, 6.45) is 0.750. The van der Waals surface area contributed by atoms with Gasteiger partial charge in [0.25, 0.3) is 6.26 Å². The van der Waals surface area contributed by atoms with Crippen LogP contribution < -0.4 is 0 Å². The number of aliphatic hydroxyl groups excluding tert-OH is 1. The Balaban J connectivity index is -0.0000000200. The van der Waals surface area contributed by atoms with E-state index in [4.69, 9.17) is 10.4 Å². The number of aliphatic hydroxyl groups is 1. The van der Waals surface area contributed by atoms with Gasteiger partial charge in [0, 0.05) is 0 Å². The Kier molecular flexibility index (Phi) is 343. The summed E-state index contributed by atoms with van der Waals surface area (Å²) in [5, 5.41) is 13.8. The quantitative estimate of drug-likeness (QED) is 0.436. The first-order chi connectivity index (χ1) is 1.41. The Morgan fingerprint density at radius 3 is 1.60 bits per heavy atom. The highest BCUT2D eigenvalue weighted by atomic mass is 32.1. The normalized spacial score (nSPS) is 1.40. The van der Waals surface area contributed by atoms with Gasteiger partial charge in [-0.1, -0.05) is 0 Å². The van der Waals surface area contributed by atoms with E-state index in [-0.39, 0.29) is 18.2 Å². The van der Waals surface area contributed by atoms with E-state index in [1.165, 1.54) is 0 Å². The Labute approximate surface area is 35.8 Å². The molecule has 0 aromatic heterocycles. The second-order valence-corrected chi connectivity index (χ2v) is 0.100. The molecule has 0 spiro atoms. The fourth-order valence-electron chi connectivity index (χ4n) is 0. The summed E-state index contributed by atoms with van der Waals surface area (Å²) < 4.78 is 0. The third kappa shape index (κ3) is 47.6. The molecule has 0 aliphatic rings. The number of rotatable bonds is 0. The van der Waals surface area contributed by atoms with Crippen LogP contribution in [0.4, 0.5) is 4.70 Å². The summed E-state index contributed by atoms with van der Waals surface area (Å²) in [5.41, 5.74) is 0. The van der Waals surface area contributed by atoms with Crippen molar-refractivity contribution >= 4 is 13.5 Å². The Morgan fingerprint density at radius 2 is 1.60 bits per heavy atom. The van der Waals surface area contributed by atoms with Crippen molar-refractivity contribution in [3.63, 3.8) is 0 Å². The maximum absolute atomic E-state index is 6.88. The van der Waals surface area contributed by atoms with Gasteiger partial charge >= 0.3 is 0 Å². The molecule has 0 saturated heterocycles. The number of nitriles is 1. The van der Waals surface area contributed by atoms with Crippen LogP contribution in [0.25, 0.3) is 0 Å². The third-order valence-corrected chi connectivity index (χ3v) is 0.